The number of hydrogen-bond acceptors (Lipinski definition) is 6. The molecule has 0 amide bonds. The molecule has 0 saturated carbocycles. The van der Waals surface area contributed by atoms with E-state index in [2.05, 4.69) is 0 Å². The van der Waals surface area contributed by atoms with E-state index < -0.39 is 28.0 Å². The Hall–Kier alpha value is -2.84. The average molecular weight is 415 g/mol. The van der Waals surface area contributed by atoms with Gasteiger partial charge in [-0.25, -0.2) is 8.42 Å². The van der Waals surface area contributed by atoms with Crippen LogP contribution in [-0.4, -0.2) is 45.2 Å². The molecule has 0 radical (unpaired) electrons. The fraction of sp³-hybridized carbons (Fsp3) is 0.286. The number of sulfonamides is 1. The van der Waals surface area contributed by atoms with Crippen LogP contribution in [0, 0.1) is 6.92 Å². The molecule has 0 spiro atoms. The Bertz CT molecular complexity index is 1060. The third kappa shape index (κ3) is 3.49. The van der Waals surface area contributed by atoms with Gasteiger partial charge < -0.3 is 14.2 Å². The molecule has 8 heteroatoms. The monoisotopic (exact) mass is 415 g/mol. The highest BCUT2D eigenvalue weighted by Crippen LogP contribution is 2.38. The second kappa shape index (κ2) is 7.53. The fourth-order valence-corrected chi connectivity index (χ4v) is 5.16. The van der Waals surface area contributed by atoms with Crippen LogP contribution in [0.5, 0.6) is 11.5 Å². The first-order valence-corrected chi connectivity index (χ1v) is 10.6. The first-order valence-electron chi connectivity index (χ1n) is 9.14. The number of carbonyl (C=O) groups excluding carboxylic acids is 1. The van der Waals surface area contributed by atoms with Gasteiger partial charge in [0.2, 0.25) is 16.8 Å². The van der Waals surface area contributed by atoms with Crippen molar-refractivity contribution in [2.75, 3.05) is 20.4 Å². The molecule has 0 saturated heterocycles. The van der Waals surface area contributed by atoms with Gasteiger partial charge in [-0.05, 0) is 36.8 Å². The van der Waals surface area contributed by atoms with Crippen molar-refractivity contribution in [3.8, 4) is 11.5 Å². The highest BCUT2D eigenvalue weighted by molar-refractivity contribution is 7.89. The predicted octanol–water partition coefficient (Wildman–Crippen LogP) is 2.61. The van der Waals surface area contributed by atoms with Gasteiger partial charge in [0.1, 0.15) is 5.92 Å². The summed E-state index contributed by atoms with van der Waals surface area (Å²) in [6, 6.07) is 11.1. The van der Waals surface area contributed by atoms with E-state index in [1.54, 1.807) is 54.6 Å². The number of nitrogens with zero attached hydrogens (tertiary/aromatic N) is 1. The zero-order valence-electron chi connectivity index (χ0n) is 16.1. The van der Waals surface area contributed by atoms with Crippen molar-refractivity contribution in [1.29, 1.82) is 0 Å². The molecule has 4 rings (SSSR count). The largest absolute Gasteiger partial charge is 0.468 e. The first-order chi connectivity index (χ1) is 13.9. The number of methoxy groups -OCH3 is 1. The first kappa shape index (κ1) is 19.5. The minimum Gasteiger partial charge on any atom is -0.468 e. The molecule has 7 nitrogen and oxygen atoms in total. The Morgan fingerprint density at radius 2 is 1.86 bits per heavy atom. The Kier molecular flexibility index (Phi) is 5.06. The Morgan fingerprint density at radius 3 is 2.59 bits per heavy atom. The zero-order chi connectivity index (χ0) is 20.6. The highest BCUT2D eigenvalue weighted by atomic mass is 32.2. The summed E-state index contributed by atoms with van der Waals surface area (Å²) in [6.07, 6.45) is 3.48. The van der Waals surface area contributed by atoms with Crippen molar-refractivity contribution < 1.29 is 27.4 Å². The maximum atomic E-state index is 13.3. The summed E-state index contributed by atoms with van der Waals surface area (Å²) in [6.45, 7) is 2.18. The van der Waals surface area contributed by atoms with Crippen LogP contribution >= 0.6 is 0 Å². The van der Waals surface area contributed by atoms with Crippen molar-refractivity contribution in [2.24, 2.45) is 0 Å². The summed E-state index contributed by atoms with van der Waals surface area (Å²) >= 11 is 0. The van der Waals surface area contributed by atoms with Gasteiger partial charge in [0, 0.05) is 6.54 Å². The number of esters is 1. The summed E-state index contributed by atoms with van der Waals surface area (Å²) in [7, 11) is -2.51. The second-order valence-corrected chi connectivity index (χ2v) is 8.81. The van der Waals surface area contributed by atoms with Crippen LogP contribution in [0.3, 0.4) is 0 Å². The van der Waals surface area contributed by atoms with Crippen molar-refractivity contribution >= 4 is 16.0 Å². The molecular formula is C21H21NO6S. The fourth-order valence-electron chi connectivity index (χ4n) is 3.61. The maximum Gasteiger partial charge on any atom is 0.315 e. The summed E-state index contributed by atoms with van der Waals surface area (Å²) in [5, 5.41) is 0. The van der Waals surface area contributed by atoms with Crippen molar-refractivity contribution in [3.05, 3.63) is 65.7 Å². The molecule has 2 aliphatic rings. The lowest BCUT2D eigenvalue weighted by molar-refractivity contribution is -0.143. The number of carbonyl (C=O) groups is 1. The summed E-state index contributed by atoms with van der Waals surface area (Å²) < 4.78 is 43.6. The number of ether oxygens (including phenoxy) is 3. The number of rotatable bonds is 5. The Balaban J connectivity index is 1.73. The van der Waals surface area contributed by atoms with Gasteiger partial charge in [-0.2, -0.15) is 4.31 Å². The molecule has 2 heterocycles. The number of aryl methyl sites for hydroxylation is 1. The Labute approximate surface area is 169 Å². The number of fused-ring (bicyclic) bond motifs is 1. The van der Waals surface area contributed by atoms with Crippen LogP contribution in [0.2, 0.25) is 0 Å². The van der Waals surface area contributed by atoms with E-state index in [-0.39, 0.29) is 18.2 Å². The predicted molar refractivity (Wildman–Crippen MR) is 105 cm³/mol. The lowest BCUT2D eigenvalue weighted by Crippen LogP contribution is -2.42. The third-order valence-electron chi connectivity index (χ3n) is 5.13. The maximum absolute atomic E-state index is 13.3. The highest BCUT2D eigenvalue weighted by Gasteiger charge is 2.41. The molecule has 0 N–H and O–H groups in total. The van der Waals surface area contributed by atoms with E-state index in [9.17, 15) is 13.2 Å². The zero-order valence-corrected chi connectivity index (χ0v) is 16.9. The van der Waals surface area contributed by atoms with Crippen LogP contribution in [0.15, 0.2) is 59.5 Å². The second-order valence-electron chi connectivity index (χ2n) is 6.92. The van der Waals surface area contributed by atoms with E-state index >= 15 is 0 Å². The molecule has 152 valence electrons. The molecule has 2 aromatic rings. The van der Waals surface area contributed by atoms with E-state index in [1.807, 2.05) is 6.92 Å². The number of benzene rings is 2. The van der Waals surface area contributed by atoms with Crippen molar-refractivity contribution in [1.82, 2.24) is 4.31 Å². The SMILES string of the molecule is COC(=O)[C@H](c1ccc2c(c1)OCO2)[C@H]1C=CCN1S(=O)(=O)c1ccc(C)cc1. The van der Waals surface area contributed by atoms with Gasteiger partial charge in [0.25, 0.3) is 0 Å². The molecule has 0 bridgehead atoms. The summed E-state index contributed by atoms with van der Waals surface area (Å²) in [5.41, 5.74) is 1.56. The smallest absolute Gasteiger partial charge is 0.315 e. The van der Waals surface area contributed by atoms with Gasteiger partial charge in [-0.3, -0.25) is 4.79 Å². The Morgan fingerprint density at radius 1 is 1.14 bits per heavy atom. The molecule has 0 aliphatic carbocycles. The molecular weight excluding hydrogens is 394 g/mol. The molecule has 2 aromatic carbocycles. The van der Waals surface area contributed by atoms with Crippen LogP contribution in [0.4, 0.5) is 0 Å². The van der Waals surface area contributed by atoms with Gasteiger partial charge >= 0.3 is 5.97 Å². The van der Waals surface area contributed by atoms with Crippen molar-refractivity contribution in [3.63, 3.8) is 0 Å². The molecule has 0 aromatic heterocycles. The van der Waals surface area contributed by atoms with Crippen LogP contribution in [0.25, 0.3) is 0 Å². The lowest BCUT2D eigenvalue weighted by Gasteiger charge is -2.29. The standard InChI is InChI=1S/C21H21NO6S/c1-14-5-8-16(9-6-14)29(24,25)22-11-3-4-17(22)20(21(23)26-2)15-7-10-18-19(12-15)28-13-27-18/h3-10,12,17,20H,11,13H2,1-2H3/t17-,20-/m1/s1. The van der Waals surface area contributed by atoms with Gasteiger partial charge in [0.15, 0.2) is 11.5 Å². The van der Waals surface area contributed by atoms with E-state index in [1.165, 1.54) is 11.4 Å². The topological polar surface area (TPSA) is 82.1 Å². The molecule has 0 fully saturated rings. The minimum absolute atomic E-state index is 0.110. The van der Waals surface area contributed by atoms with Gasteiger partial charge in [-0.1, -0.05) is 35.9 Å². The van der Waals surface area contributed by atoms with E-state index in [4.69, 9.17) is 14.2 Å². The molecule has 2 atom stereocenters. The minimum atomic E-state index is -3.80. The van der Waals surface area contributed by atoms with Crippen LogP contribution in [-0.2, 0) is 19.6 Å². The van der Waals surface area contributed by atoms with E-state index in [0.717, 1.165) is 5.56 Å². The lowest BCUT2D eigenvalue weighted by atomic mass is 9.91. The number of hydrogen-bond donors (Lipinski definition) is 0. The third-order valence-corrected chi connectivity index (χ3v) is 7.01. The summed E-state index contributed by atoms with van der Waals surface area (Å²) in [4.78, 5) is 12.9. The quantitative estimate of drug-likeness (QED) is 0.552. The van der Waals surface area contributed by atoms with Crippen LogP contribution < -0.4 is 9.47 Å². The van der Waals surface area contributed by atoms with Crippen LogP contribution in [0.1, 0.15) is 17.0 Å². The van der Waals surface area contributed by atoms with E-state index in [0.29, 0.717) is 17.1 Å². The average Bonchev–Trinajstić information content (AvgIpc) is 3.38. The summed E-state index contributed by atoms with van der Waals surface area (Å²) in [5.74, 6) is -0.257. The van der Waals surface area contributed by atoms with Gasteiger partial charge in [0.05, 0.1) is 18.0 Å². The van der Waals surface area contributed by atoms with Crippen molar-refractivity contribution in [2.45, 2.75) is 23.8 Å². The normalized spacial score (nSPS) is 19.3. The molecule has 29 heavy (non-hydrogen) atoms. The van der Waals surface area contributed by atoms with Gasteiger partial charge in [-0.15, -0.1) is 0 Å². The molecule has 2 aliphatic heterocycles. The molecule has 0 unspecified atom stereocenters.